The van der Waals surface area contributed by atoms with Gasteiger partial charge in [-0.1, -0.05) is 36.4 Å². The highest BCUT2D eigenvalue weighted by atomic mass is 15.2. The van der Waals surface area contributed by atoms with E-state index in [9.17, 15) is 0 Å². The highest BCUT2D eigenvalue weighted by Crippen LogP contribution is 2.32. The molecule has 3 nitrogen and oxygen atoms in total. The maximum atomic E-state index is 3.96. The Hall–Kier alpha value is -2.68. The third kappa shape index (κ3) is 2.45. The third-order valence-corrected chi connectivity index (χ3v) is 2.86. The molecular formula is C16H13N3. The van der Waals surface area contributed by atoms with E-state index >= 15 is 0 Å². The van der Waals surface area contributed by atoms with Crippen LogP contribution in [-0.4, -0.2) is 10.2 Å². The highest BCUT2D eigenvalue weighted by Gasteiger charge is 2.11. The average molecular weight is 247 g/mol. The SMILES string of the molecule is c1ccc(N(c2ccccc2)c2ccnnc2)cc1. The van der Waals surface area contributed by atoms with Crippen LogP contribution in [0.3, 0.4) is 0 Å². The van der Waals surface area contributed by atoms with Gasteiger partial charge in [0.25, 0.3) is 0 Å². The Bertz CT molecular complexity index is 530. The van der Waals surface area contributed by atoms with Crippen molar-refractivity contribution in [3.63, 3.8) is 0 Å². The number of anilines is 3. The number of nitrogens with zero attached hydrogens (tertiary/aromatic N) is 3. The third-order valence-electron chi connectivity index (χ3n) is 2.86. The zero-order valence-corrected chi connectivity index (χ0v) is 10.3. The van der Waals surface area contributed by atoms with Crippen molar-refractivity contribution in [2.45, 2.75) is 0 Å². The summed E-state index contributed by atoms with van der Waals surface area (Å²) in [6, 6.07) is 22.4. The van der Waals surface area contributed by atoms with Crippen molar-refractivity contribution in [2.75, 3.05) is 4.90 Å². The van der Waals surface area contributed by atoms with Gasteiger partial charge in [0.15, 0.2) is 0 Å². The van der Waals surface area contributed by atoms with Gasteiger partial charge < -0.3 is 4.90 Å². The van der Waals surface area contributed by atoms with Gasteiger partial charge in [0.05, 0.1) is 18.1 Å². The van der Waals surface area contributed by atoms with Crippen LogP contribution in [0.4, 0.5) is 17.1 Å². The van der Waals surface area contributed by atoms with E-state index < -0.39 is 0 Å². The number of hydrogen-bond acceptors (Lipinski definition) is 3. The molecule has 0 spiro atoms. The summed E-state index contributed by atoms with van der Waals surface area (Å²) in [5.41, 5.74) is 3.19. The van der Waals surface area contributed by atoms with Crippen molar-refractivity contribution < 1.29 is 0 Å². The topological polar surface area (TPSA) is 29.0 Å². The molecule has 0 fully saturated rings. The molecule has 0 N–H and O–H groups in total. The summed E-state index contributed by atoms with van der Waals surface area (Å²) in [4.78, 5) is 2.15. The first kappa shape index (κ1) is 11.4. The number of aromatic nitrogens is 2. The zero-order valence-electron chi connectivity index (χ0n) is 10.3. The van der Waals surface area contributed by atoms with E-state index in [1.165, 1.54) is 0 Å². The Morgan fingerprint density at radius 2 is 1.16 bits per heavy atom. The lowest BCUT2D eigenvalue weighted by molar-refractivity contribution is 1.02. The predicted octanol–water partition coefficient (Wildman–Crippen LogP) is 3.95. The Kier molecular flexibility index (Phi) is 3.19. The van der Waals surface area contributed by atoms with Crippen LogP contribution >= 0.6 is 0 Å². The molecule has 0 aliphatic rings. The van der Waals surface area contributed by atoms with Gasteiger partial charge in [-0.2, -0.15) is 10.2 Å². The molecule has 0 bridgehead atoms. The van der Waals surface area contributed by atoms with Gasteiger partial charge >= 0.3 is 0 Å². The fourth-order valence-electron chi connectivity index (χ4n) is 2.02. The number of hydrogen-bond donors (Lipinski definition) is 0. The number of benzene rings is 2. The van der Waals surface area contributed by atoms with Crippen molar-refractivity contribution >= 4 is 17.1 Å². The molecule has 1 aromatic heterocycles. The summed E-state index contributed by atoms with van der Waals surface area (Å²) in [5.74, 6) is 0. The molecular weight excluding hydrogens is 234 g/mol. The maximum absolute atomic E-state index is 3.96. The summed E-state index contributed by atoms with van der Waals surface area (Å²) in [7, 11) is 0. The quantitative estimate of drug-likeness (QED) is 0.701. The molecule has 0 aliphatic carbocycles. The lowest BCUT2D eigenvalue weighted by Crippen LogP contribution is -2.09. The summed E-state index contributed by atoms with van der Waals surface area (Å²) in [5, 5.41) is 7.80. The van der Waals surface area contributed by atoms with Crippen LogP contribution in [0.5, 0.6) is 0 Å². The van der Waals surface area contributed by atoms with Crippen LogP contribution in [0.2, 0.25) is 0 Å². The smallest absolute Gasteiger partial charge is 0.0737 e. The number of para-hydroxylation sites is 2. The van der Waals surface area contributed by atoms with Gasteiger partial charge in [0.2, 0.25) is 0 Å². The first-order valence-electron chi connectivity index (χ1n) is 6.12. The average Bonchev–Trinajstić information content (AvgIpc) is 2.51. The minimum atomic E-state index is 0.993. The molecule has 0 unspecified atom stereocenters. The van der Waals surface area contributed by atoms with E-state index in [4.69, 9.17) is 0 Å². The van der Waals surface area contributed by atoms with Crippen molar-refractivity contribution in [1.29, 1.82) is 0 Å². The number of rotatable bonds is 3. The zero-order chi connectivity index (χ0) is 12.9. The molecule has 3 heteroatoms. The second-order valence-corrected chi connectivity index (χ2v) is 4.11. The Labute approximate surface area is 112 Å². The van der Waals surface area contributed by atoms with Gasteiger partial charge in [-0.25, -0.2) is 0 Å². The van der Waals surface area contributed by atoms with Crippen molar-refractivity contribution in [3.05, 3.63) is 79.1 Å². The predicted molar refractivity (Wildman–Crippen MR) is 76.7 cm³/mol. The minimum Gasteiger partial charge on any atom is -0.309 e. The Morgan fingerprint density at radius 1 is 0.579 bits per heavy atom. The first-order valence-corrected chi connectivity index (χ1v) is 6.12. The maximum Gasteiger partial charge on any atom is 0.0737 e. The van der Waals surface area contributed by atoms with Gasteiger partial charge in [0, 0.05) is 11.4 Å². The van der Waals surface area contributed by atoms with E-state index in [1.807, 2.05) is 42.5 Å². The molecule has 3 aromatic rings. The fraction of sp³-hybridized carbons (Fsp3) is 0. The first-order chi connectivity index (χ1) is 9.45. The van der Waals surface area contributed by atoms with E-state index in [1.54, 1.807) is 12.4 Å². The summed E-state index contributed by atoms with van der Waals surface area (Å²) < 4.78 is 0. The van der Waals surface area contributed by atoms with E-state index in [-0.39, 0.29) is 0 Å². The van der Waals surface area contributed by atoms with Gasteiger partial charge in [-0.3, -0.25) is 0 Å². The molecule has 2 aromatic carbocycles. The van der Waals surface area contributed by atoms with Crippen LogP contribution in [0.1, 0.15) is 0 Å². The van der Waals surface area contributed by atoms with E-state index in [2.05, 4.69) is 39.4 Å². The molecule has 19 heavy (non-hydrogen) atoms. The Balaban J connectivity index is 2.12. The van der Waals surface area contributed by atoms with Gasteiger partial charge in [-0.05, 0) is 30.3 Å². The largest absolute Gasteiger partial charge is 0.309 e. The summed E-state index contributed by atoms with van der Waals surface area (Å²) in [6.45, 7) is 0. The van der Waals surface area contributed by atoms with Crippen LogP contribution < -0.4 is 4.90 Å². The summed E-state index contributed by atoms with van der Waals surface area (Å²) in [6.07, 6.45) is 3.47. The molecule has 3 rings (SSSR count). The standard InChI is InChI=1S/C16H13N3/c1-3-7-14(8-4-1)19(15-9-5-2-6-10-15)16-11-12-17-18-13-16/h1-13H. The molecule has 0 aliphatic heterocycles. The second kappa shape index (κ2) is 5.31. The molecule has 0 saturated heterocycles. The molecule has 92 valence electrons. The van der Waals surface area contributed by atoms with Gasteiger partial charge in [0.1, 0.15) is 0 Å². The second-order valence-electron chi connectivity index (χ2n) is 4.11. The van der Waals surface area contributed by atoms with Crippen LogP contribution in [0.25, 0.3) is 0 Å². The summed E-state index contributed by atoms with van der Waals surface area (Å²) >= 11 is 0. The molecule has 1 heterocycles. The van der Waals surface area contributed by atoms with Crippen LogP contribution in [0.15, 0.2) is 79.1 Å². The molecule has 0 atom stereocenters. The van der Waals surface area contributed by atoms with Crippen molar-refractivity contribution in [2.24, 2.45) is 0 Å². The van der Waals surface area contributed by atoms with Crippen LogP contribution in [0, 0.1) is 0 Å². The molecule has 0 amide bonds. The van der Waals surface area contributed by atoms with E-state index in [0.29, 0.717) is 0 Å². The lowest BCUT2D eigenvalue weighted by Gasteiger charge is -2.24. The molecule has 0 saturated carbocycles. The molecule has 0 radical (unpaired) electrons. The minimum absolute atomic E-state index is 0.993. The Morgan fingerprint density at radius 3 is 1.63 bits per heavy atom. The van der Waals surface area contributed by atoms with E-state index in [0.717, 1.165) is 17.1 Å². The van der Waals surface area contributed by atoms with Gasteiger partial charge in [-0.15, -0.1) is 0 Å². The van der Waals surface area contributed by atoms with Crippen LogP contribution in [-0.2, 0) is 0 Å². The lowest BCUT2D eigenvalue weighted by atomic mass is 10.2. The van der Waals surface area contributed by atoms with Crippen molar-refractivity contribution in [3.8, 4) is 0 Å². The fourth-order valence-corrected chi connectivity index (χ4v) is 2.02. The monoisotopic (exact) mass is 247 g/mol. The highest BCUT2D eigenvalue weighted by molar-refractivity contribution is 5.75. The van der Waals surface area contributed by atoms with Crippen molar-refractivity contribution in [1.82, 2.24) is 10.2 Å². The normalized spacial score (nSPS) is 10.1.